The van der Waals surface area contributed by atoms with E-state index in [9.17, 15) is 0 Å². The molecular formula is C36H51Cl3Si4Ti. The van der Waals surface area contributed by atoms with E-state index in [1.165, 1.54) is 11.1 Å². The zero-order valence-electron chi connectivity index (χ0n) is 29.1. The summed E-state index contributed by atoms with van der Waals surface area (Å²) < 4.78 is 1.58. The van der Waals surface area contributed by atoms with Gasteiger partial charge in [-0.15, -0.1) is 0 Å². The summed E-state index contributed by atoms with van der Waals surface area (Å²) in [5.41, 5.74) is 4.59. The average molecular weight is 750 g/mol. The van der Waals surface area contributed by atoms with Crippen molar-refractivity contribution >= 4 is 63.4 Å². The Morgan fingerprint density at radius 3 is 0.909 bits per heavy atom. The van der Waals surface area contributed by atoms with Crippen molar-refractivity contribution in [2.45, 2.75) is 91.7 Å². The first-order valence-electron chi connectivity index (χ1n) is 15.2. The first-order chi connectivity index (χ1) is 18.8. The molecule has 3 aromatic rings. The Morgan fingerprint density at radius 2 is 0.705 bits per heavy atom. The van der Waals surface area contributed by atoms with Crippen LogP contribution >= 0.6 is 0 Å². The maximum absolute atomic E-state index is 2.80. The van der Waals surface area contributed by atoms with E-state index in [2.05, 4.69) is 180 Å². The molecule has 44 heavy (non-hydrogen) atoms. The summed E-state index contributed by atoms with van der Waals surface area (Å²) in [4.78, 5) is 0. The molecule has 0 bridgehead atoms. The van der Waals surface area contributed by atoms with Crippen LogP contribution in [0, 0.1) is 0 Å². The molecule has 0 aromatic heterocycles. The van der Waals surface area contributed by atoms with Crippen LogP contribution in [0.4, 0.5) is 0 Å². The third kappa shape index (κ3) is 6.64. The van der Waals surface area contributed by atoms with E-state index in [-0.39, 0.29) is 42.3 Å². The maximum Gasteiger partial charge on any atom is -1.00 e. The monoisotopic (exact) mass is 748 g/mol. The van der Waals surface area contributed by atoms with Crippen LogP contribution in [-0.2, 0) is 20.4 Å². The van der Waals surface area contributed by atoms with Crippen LogP contribution in [0.1, 0.15) is 27.7 Å². The van der Waals surface area contributed by atoms with Crippen molar-refractivity contribution in [2.24, 2.45) is 0 Å². The fourth-order valence-corrected chi connectivity index (χ4v) is 24.8. The minimum atomic E-state index is -2.80. The first-order valence-corrected chi connectivity index (χ1v) is 28.5. The standard InChI is InChI=1S/C36H51Si4.3ClH.Ti/c1-27-26-36(4,29(3)28(27)2)40(33-23-17-14-20-30(33)37(5,6)7,34-24-18-15-21-31(34)38(8,9)10)35-25-19-16-22-32(35)39(11,12)13;;;;/h14-25H,1-13H3;3*1H;/q;;;;+3/p-3. The van der Waals surface area contributed by atoms with Gasteiger partial charge in [0.05, 0.1) is 0 Å². The molecule has 4 rings (SSSR count). The van der Waals surface area contributed by atoms with Crippen LogP contribution in [-0.4, -0.2) is 32.3 Å². The zero-order valence-corrected chi connectivity index (χ0v) is 36.9. The number of rotatable bonds is 7. The minimum Gasteiger partial charge on any atom is -1.00 e. The predicted octanol–water partition coefficient (Wildman–Crippen LogP) is -2.26. The molecule has 3 aromatic carbocycles. The summed E-state index contributed by atoms with van der Waals surface area (Å²) in [6.07, 6.45) is 0. The minimum absolute atomic E-state index is 0. The van der Waals surface area contributed by atoms with E-state index in [4.69, 9.17) is 0 Å². The number of hydrogen-bond acceptors (Lipinski definition) is 0. The molecule has 0 heterocycles. The Labute approximate surface area is 303 Å². The van der Waals surface area contributed by atoms with Crippen LogP contribution in [0.5, 0.6) is 0 Å². The van der Waals surface area contributed by atoms with E-state index in [0.29, 0.717) is 0 Å². The normalized spacial score (nSPS) is 17.6. The van der Waals surface area contributed by atoms with Crippen molar-refractivity contribution in [2.75, 3.05) is 0 Å². The van der Waals surface area contributed by atoms with Gasteiger partial charge < -0.3 is 37.2 Å². The summed E-state index contributed by atoms with van der Waals surface area (Å²) in [6.45, 7) is 32.9. The van der Waals surface area contributed by atoms with E-state index >= 15 is 0 Å². The quantitative estimate of drug-likeness (QED) is 0.189. The Balaban J connectivity index is 0.00000323. The van der Waals surface area contributed by atoms with Gasteiger partial charge in [-0.3, -0.25) is 0 Å². The van der Waals surface area contributed by atoms with Gasteiger partial charge in [-0.25, -0.2) is 0 Å². The molecule has 0 aliphatic heterocycles. The molecule has 0 saturated carbocycles. The van der Waals surface area contributed by atoms with Crippen LogP contribution in [0.3, 0.4) is 0 Å². The van der Waals surface area contributed by atoms with E-state index in [0.717, 1.165) is 0 Å². The summed E-state index contributed by atoms with van der Waals surface area (Å²) in [6, 6.07) is 29.2. The van der Waals surface area contributed by atoms with E-state index in [1.54, 1.807) is 40.6 Å². The number of benzene rings is 3. The third-order valence-electron chi connectivity index (χ3n) is 9.92. The molecule has 0 N–H and O–H groups in total. The van der Waals surface area contributed by atoms with Crippen molar-refractivity contribution in [3.63, 3.8) is 0 Å². The van der Waals surface area contributed by atoms with Gasteiger partial charge >= 0.3 is 269 Å². The molecule has 8 heteroatoms. The second-order valence-corrected chi connectivity index (χ2v) is 35.5. The molecule has 1 aliphatic rings. The van der Waals surface area contributed by atoms with Crippen LogP contribution in [0.2, 0.25) is 64.0 Å². The number of halogens is 3. The van der Waals surface area contributed by atoms with Gasteiger partial charge in [0, 0.05) is 0 Å². The molecule has 1 atom stereocenters. The van der Waals surface area contributed by atoms with Gasteiger partial charge in [0.2, 0.25) is 0 Å². The maximum atomic E-state index is 2.66. The topological polar surface area (TPSA) is 0 Å². The van der Waals surface area contributed by atoms with Crippen molar-refractivity contribution in [1.82, 2.24) is 0 Å². The predicted molar refractivity (Wildman–Crippen MR) is 192 cm³/mol. The largest absolute Gasteiger partial charge is 1.00 e. The summed E-state index contributed by atoms with van der Waals surface area (Å²) >= 11 is 2.47. The van der Waals surface area contributed by atoms with Gasteiger partial charge in [0.1, 0.15) is 0 Å². The Morgan fingerprint density at radius 1 is 0.455 bits per heavy atom. The van der Waals surface area contributed by atoms with Gasteiger partial charge in [-0.2, -0.15) is 0 Å². The van der Waals surface area contributed by atoms with Crippen molar-refractivity contribution < 1.29 is 57.7 Å². The Kier molecular flexibility index (Phi) is 13.6. The molecule has 1 unspecified atom stereocenters. The van der Waals surface area contributed by atoms with E-state index < -0.39 is 32.3 Å². The SMILES string of the molecule is CC1=C(C)C(C)([Si](c2ccccc2[Si](C)(C)C)(c2ccccc2[Si](C)(C)C)c2ccccc2[Si](C)(C)C)[C]([Ti+3])=C1C.[Cl-].[Cl-].[Cl-]. The second-order valence-electron chi connectivity index (χ2n) is 15.5. The molecule has 236 valence electrons. The average Bonchev–Trinajstić information content (AvgIpc) is 3.04. The van der Waals surface area contributed by atoms with Crippen LogP contribution in [0.15, 0.2) is 93.4 Å². The van der Waals surface area contributed by atoms with Crippen molar-refractivity contribution in [3.05, 3.63) is 93.4 Å². The molecule has 0 amide bonds. The molecule has 0 saturated heterocycles. The van der Waals surface area contributed by atoms with Gasteiger partial charge in [0.15, 0.2) is 0 Å². The second kappa shape index (κ2) is 14.4. The fraction of sp³-hybridized carbons (Fsp3) is 0.389. The van der Waals surface area contributed by atoms with Gasteiger partial charge in [-0.05, 0) is 0 Å². The Bertz CT molecular complexity index is 1390. The smallest absolute Gasteiger partial charge is 1.00 e. The molecule has 0 spiro atoms. The van der Waals surface area contributed by atoms with E-state index in [1.807, 2.05) is 0 Å². The molecule has 1 aliphatic carbocycles. The number of allylic oxidation sites excluding steroid dienone is 4. The van der Waals surface area contributed by atoms with Crippen molar-refractivity contribution in [3.8, 4) is 0 Å². The first kappa shape index (κ1) is 41.6. The Hall–Kier alpha value is -0.408. The third-order valence-corrected chi connectivity index (χ3v) is 24.4. The van der Waals surface area contributed by atoms with Crippen LogP contribution < -0.4 is 68.3 Å². The van der Waals surface area contributed by atoms with Crippen LogP contribution in [0.25, 0.3) is 0 Å². The van der Waals surface area contributed by atoms with Gasteiger partial charge in [0.25, 0.3) is 0 Å². The summed E-state index contributed by atoms with van der Waals surface area (Å²) in [5.74, 6) is 0. The molecular weight excluding hydrogens is 699 g/mol. The fourth-order valence-electron chi connectivity index (χ4n) is 7.51. The number of hydrogen-bond donors (Lipinski definition) is 0. The summed E-state index contributed by atoms with van der Waals surface area (Å²) in [7, 11) is -7.95. The molecule has 0 radical (unpaired) electrons. The van der Waals surface area contributed by atoms with Crippen molar-refractivity contribution in [1.29, 1.82) is 0 Å². The van der Waals surface area contributed by atoms with Gasteiger partial charge in [-0.1, -0.05) is 0 Å². The molecule has 0 nitrogen and oxygen atoms in total. The summed E-state index contributed by atoms with van der Waals surface area (Å²) in [5, 5.41) is 9.85. The zero-order chi connectivity index (χ0) is 30.8. The molecule has 0 fully saturated rings.